The Labute approximate surface area is 185 Å². The maximum Gasteiger partial charge on any atom is 0.356 e. The molecule has 0 aromatic heterocycles. The third-order valence-electron chi connectivity index (χ3n) is 5.56. The molecule has 0 aliphatic heterocycles. The van der Waals surface area contributed by atoms with Crippen LogP contribution in [0.5, 0.6) is 5.75 Å². The first-order chi connectivity index (χ1) is 14.8. The number of aliphatic hydroxyl groups excluding tert-OH is 1. The Morgan fingerprint density at radius 1 is 1.10 bits per heavy atom. The Morgan fingerprint density at radius 3 is 2.45 bits per heavy atom. The second-order valence-corrected chi connectivity index (χ2v) is 8.22. The molecule has 7 nitrogen and oxygen atoms in total. The van der Waals surface area contributed by atoms with Crippen molar-refractivity contribution in [3.63, 3.8) is 0 Å². The van der Waals surface area contributed by atoms with Crippen molar-refractivity contribution in [2.75, 3.05) is 6.54 Å². The van der Waals surface area contributed by atoms with Crippen LogP contribution in [0.15, 0.2) is 48.5 Å². The largest absolute Gasteiger partial charge is 0.478 e. The lowest BCUT2D eigenvalue weighted by molar-refractivity contribution is -0.159. The number of hydrogen-bond donors (Lipinski definition) is 4. The van der Waals surface area contributed by atoms with Crippen molar-refractivity contribution in [1.29, 1.82) is 0 Å². The van der Waals surface area contributed by atoms with Crippen LogP contribution in [0.4, 0.5) is 0 Å². The maximum absolute atomic E-state index is 11.0. The van der Waals surface area contributed by atoms with Gasteiger partial charge in [0.2, 0.25) is 0 Å². The van der Waals surface area contributed by atoms with Gasteiger partial charge in [0.1, 0.15) is 5.75 Å². The maximum atomic E-state index is 11.0. The standard InChI is InChI=1S/C23H26ClNO6/c24-17-5-1-4-16(11-17)20(26)13-25-18-6-2-3-15(12-18)14-7-9-19(10-8-14)31-21(22(27)28)23(29)30/h1,4-5,7-11,15,18,20-21,25-26H,2-3,6,12-13H2,(H,27,28)(H,29,30). The molecule has 1 aliphatic carbocycles. The van der Waals surface area contributed by atoms with E-state index >= 15 is 0 Å². The van der Waals surface area contributed by atoms with Crippen LogP contribution in [0.25, 0.3) is 0 Å². The summed E-state index contributed by atoms with van der Waals surface area (Å²) >= 11 is 6.00. The molecule has 0 spiro atoms. The number of carboxylic acid groups (broad SMARTS) is 2. The molecule has 31 heavy (non-hydrogen) atoms. The number of hydrogen-bond acceptors (Lipinski definition) is 5. The molecule has 0 bridgehead atoms. The van der Waals surface area contributed by atoms with Crippen LogP contribution in [0.1, 0.15) is 48.8 Å². The zero-order valence-corrected chi connectivity index (χ0v) is 17.7. The minimum absolute atomic E-state index is 0.202. The average molecular weight is 448 g/mol. The zero-order valence-electron chi connectivity index (χ0n) is 16.9. The molecule has 0 radical (unpaired) electrons. The van der Waals surface area contributed by atoms with E-state index in [1.165, 1.54) is 0 Å². The molecule has 4 N–H and O–H groups in total. The Bertz CT molecular complexity index is 889. The quantitative estimate of drug-likeness (QED) is 0.434. The summed E-state index contributed by atoms with van der Waals surface area (Å²) in [6.07, 6.45) is 1.46. The van der Waals surface area contributed by atoms with E-state index in [9.17, 15) is 14.7 Å². The third kappa shape index (κ3) is 6.43. The highest BCUT2D eigenvalue weighted by molar-refractivity contribution is 6.30. The summed E-state index contributed by atoms with van der Waals surface area (Å²) in [4.78, 5) is 22.0. The monoisotopic (exact) mass is 447 g/mol. The first-order valence-corrected chi connectivity index (χ1v) is 10.6. The molecule has 166 valence electrons. The van der Waals surface area contributed by atoms with Gasteiger partial charge in [0, 0.05) is 17.6 Å². The van der Waals surface area contributed by atoms with Gasteiger partial charge in [-0.3, -0.25) is 0 Å². The molecular weight excluding hydrogens is 422 g/mol. The molecular formula is C23H26ClNO6. The molecule has 3 atom stereocenters. The molecule has 0 amide bonds. The molecule has 2 aromatic rings. The van der Waals surface area contributed by atoms with Crippen molar-refractivity contribution in [2.24, 2.45) is 0 Å². The molecule has 3 unspecified atom stereocenters. The number of ether oxygens (including phenoxy) is 1. The molecule has 0 heterocycles. The predicted octanol–water partition coefficient (Wildman–Crippen LogP) is 3.61. The number of halogens is 1. The number of benzene rings is 2. The molecule has 0 saturated heterocycles. The third-order valence-corrected chi connectivity index (χ3v) is 5.80. The highest BCUT2D eigenvalue weighted by atomic mass is 35.5. The summed E-state index contributed by atoms with van der Waals surface area (Å²) in [7, 11) is 0. The Kier molecular flexibility index (Phi) is 7.90. The van der Waals surface area contributed by atoms with Gasteiger partial charge in [-0.15, -0.1) is 0 Å². The van der Waals surface area contributed by atoms with Gasteiger partial charge in [0.15, 0.2) is 0 Å². The van der Waals surface area contributed by atoms with Gasteiger partial charge in [-0.05, 0) is 60.6 Å². The summed E-state index contributed by atoms with van der Waals surface area (Å²) in [5, 5.41) is 32.3. The van der Waals surface area contributed by atoms with Gasteiger partial charge in [-0.25, -0.2) is 9.59 Å². The first-order valence-electron chi connectivity index (χ1n) is 10.2. The fourth-order valence-corrected chi connectivity index (χ4v) is 4.15. The smallest absolute Gasteiger partial charge is 0.356 e. The van der Waals surface area contributed by atoms with Crippen molar-refractivity contribution in [1.82, 2.24) is 5.32 Å². The number of nitrogens with one attached hydrogen (secondary N) is 1. The van der Waals surface area contributed by atoms with Gasteiger partial charge in [-0.1, -0.05) is 42.3 Å². The first kappa shape index (κ1) is 23.1. The van der Waals surface area contributed by atoms with E-state index in [0.717, 1.165) is 36.8 Å². The van der Waals surface area contributed by atoms with Gasteiger partial charge >= 0.3 is 11.9 Å². The Morgan fingerprint density at radius 2 is 1.81 bits per heavy atom. The summed E-state index contributed by atoms with van der Waals surface area (Å²) in [6.45, 7) is 0.441. The zero-order chi connectivity index (χ0) is 22.4. The van der Waals surface area contributed by atoms with Crippen molar-refractivity contribution >= 4 is 23.5 Å². The van der Waals surface area contributed by atoms with Crippen LogP contribution < -0.4 is 10.1 Å². The lowest BCUT2D eigenvalue weighted by Gasteiger charge is -2.31. The van der Waals surface area contributed by atoms with Crippen molar-refractivity contribution in [2.45, 2.75) is 49.9 Å². The van der Waals surface area contributed by atoms with E-state index in [0.29, 0.717) is 17.5 Å². The summed E-state index contributed by atoms with van der Waals surface area (Å²) in [5.74, 6) is -2.57. The molecule has 3 rings (SSSR count). The second kappa shape index (κ2) is 10.6. The number of carbonyl (C=O) groups is 2. The Hall–Kier alpha value is -2.61. The summed E-state index contributed by atoms with van der Waals surface area (Å²) in [6, 6.07) is 14.4. The fourth-order valence-electron chi connectivity index (χ4n) is 3.95. The van der Waals surface area contributed by atoms with Gasteiger partial charge in [0.05, 0.1) is 6.10 Å². The van der Waals surface area contributed by atoms with Crippen molar-refractivity contribution in [3.05, 3.63) is 64.7 Å². The van der Waals surface area contributed by atoms with E-state index in [1.54, 1.807) is 24.3 Å². The summed E-state index contributed by atoms with van der Waals surface area (Å²) in [5.41, 5.74) is 1.88. The lowest BCUT2D eigenvalue weighted by Crippen LogP contribution is -2.36. The van der Waals surface area contributed by atoms with E-state index in [2.05, 4.69) is 5.32 Å². The van der Waals surface area contributed by atoms with Crippen LogP contribution in [-0.4, -0.2) is 45.9 Å². The highest BCUT2D eigenvalue weighted by Crippen LogP contribution is 2.34. The molecule has 1 saturated carbocycles. The van der Waals surface area contributed by atoms with Gasteiger partial charge in [-0.2, -0.15) is 0 Å². The Balaban J connectivity index is 1.55. The molecule has 2 aromatic carbocycles. The average Bonchev–Trinajstić information content (AvgIpc) is 2.76. The van der Waals surface area contributed by atoms with E-state index in [4.69, 9.17) is 26.6 Å². The van der Waals surface area contributed by atoms with E-state index in [-0.39, 0.29) is 11.8 Å². The van der Waals surface area contributed by atoms with E-state index < -0.39 is 24.1 Å². The minimum atomic E-state index is -1.93. The number of aliphatic carboxylic acids is 2. The van der Waals surface area contributed by atoms with Gasteiger partial charge in [0.25, 0.3) is 6.10 Å². The SMILES string of the molecule is O=C(O)C(Oc1ccc(C2CCCC(NCC(O)c3cccc(Cl)c3)C2)cc1)C(=O)O. The van der Waals surface area contributed by atoms with Crippen LogP contribution in [0.2, 0.25) is 5.02 Å². The topological polar surface area (TPSA) is 116 Å². The van der Waals surface area contributed by atoms with Crippen molar-refractivity contribution < 1.29 is 29.6 Å². The fraction of sp³-hybridized carbons (Fsp3) is 0.391. The highest BCUT2D eigenvalue weighted by Gasteiger charge is 2.28. The minimum Gasteiger partial charge on any atom is -0.478 e. The molecule has 1 aliphatic rings. The van der Waals surface area contributed by atoms with Crippen LogP contribution in [-0.2, 0) is 9.59 Å². The van der Waals surface area contributed by atoms with Crippen molar-refractivity contribution in [3.8, 4) is 5.75 Å². The normalized spacial score (nSPS) is 19.7. The van der Waals surface area contributed by atoms with Crippen LogP contribution >= 0.6 is 11.6 Å². The predicted molar refractivity (Wildman–Crippen MR) is 116 cm³/mol. The molecule has 8 heteroatoms. The number of carboxylic acids is 2. The van der Waals surface area contributed by atoms with Crippen LogP contribution in [0, 0.1) is 0 Å². The van der Waals surface area contributed by atoms with E-state index in [1.807, 2.05) is 24.3 Å². The van der Waals surface area contributed by atoms with Crippen LogP contribution in [0.3, 0.4) is 0 Å². The van der Waals surface area contributed by atoms with Gasteiger partial charge < -0.3 is 25.4 Å². The number of aliphatic hydroxyl groups is 1. The summed E-state index contributed by atoms with van der Waals surface area (Å²) < 4.78 is 5.07. The lowest BCUT2D eigenvalue weighted by atomic mass is 9.81. The molecule has 1 fully saturated rings. The number of rotatable bonds is 9. The second-order valence-electron chi connectivity index (χ2n) is 7.78.